The molecule has 1 saturated heterocycles. The molecule has 0 unspecified atom stereocenters. The standard InChI is InChI=1S/C29H39ClN6O2/c1-5-36(23-10-8-22(9-11-23)34(3)4)26-15-20(30)14-24(19(26)2)29(38)32-18-25-27(37)16-21(17-31)33-28(25)35-12-6-7-13-35/h14-16,22-23H,5-13,18H2,1-4H3,(H,32,38)(H,33,37)/t22-,23-. The molecule has 0 spiro atoms. The van der Waals surface area contributed by atoms with Crippen molar-refractivity contribution < 1.29 is 4.79 Å². The van der Waals surface area contributed by atoms with Crippen molar-refractivity contribution >= 4 is 29.0 Å². The number of nitriles is 1. The first-order valence-corrected chi connectivity index (χ1v) is 14.0. The second-order valence-electron chi connectivity index (χ2n) is 10.7. The molecule has 0 bridgehead atoms. The summed E-state index contributed by atoms with van der Waals surface area (Å²) in [6.07, 6.45) is 6.56. The monoisotopic (exact) mass is 538 g/mol. The van der Waals surface area contributed by atoms with E-state index in [2.05, 4.69) is 46.0 Å². The van der Waals surface area contributed by atoms with E-state index in [0.717, 1.165) is 69.4 Å². The van der Waals surface area contributed by atoms with Gasteiger partial charge < -0.3 is 25.0 Å². The van der Waals surface area contributed by atoms with Gasteiger partial charge >= 0.3 is 0 Å². The van der Waals surface area contributed by atoms with Gasteiger partial charge in [-0.15, -0.1) is 0 Å². The lowest BCUT2D eigenvalue weighted by Crippen LogP contribution is -2.42. The third-order valence-corrected chi connectivity index (χ3v) is 8.38. The first-order chi connectivity index (χ1) is 18.2. The van der Waals surface area contributed by atoms with Gasteiger partial charge in [0.05, 0.1) is 12.1 Å². The van der Waals surface area contributed by atoms with E-state index in [9.17, 15) is 14.9 Å². The molecule has 2 aliphatic rings. The molecule has 1 aliphatic heterocycles. The number of rotatable bonds is 8. The first-order valence-electron chi connectivity index (χ1n) is 13.7. The zero-order valence-corrected chi connectivity index (χ0v) is 23.7. The highest BCUT2D eigenvalue weighted by atomic mass is 35.5. The molecule has 38 heavy (non-hydrogen) atoms. The van der Waals surface area contributed by atoms with Crippen molar-refractivity contribution in [1.29, 1.82) is 5.26 Å². The van der Waals surface area contributed by atoms with Crippen molar-refractivity contribution in [3.05, 3.63) is 55.8 Å². The maximum atomic E-state index is 13.4. The average Bonchev–Trinajstić information content (AvgIpc) is 3.44. The van der Waals surface area contributed by atoms with Gasteiger partial charge in [-0.25, -0.2) is 0 Å². The van der Waals surface area contributed by atoms with Gasteiger partial charge in [0.25, 0.3) is 5.91 Å². The fraction of sp³-hybridized carbons (Fsp3) is 0.552. The lowest BCUT2D eigenvalue weighted by molar-refractivity contribution is 0.0950. The first kappa shape index (κ1) is 28.0. The summed E-state index contributed by atoms with van der Waals surface area (Å²) in [6, 6.07) is 8.02. The maximum Gasteiger partial charge on any atom is 0.251 e. The van der Waals surface area contributed by atoms with Crippen molar-refractivity contribution in [2.45, 2.75) is 71.0 Å². The summed E-state index contributed by atoms with van der Waals surface area (Å²) in [5.74, 6) is 0.357. The number of hydrogen-bond donors (Lipinski definition) is 2. The summed E-state index contributed by atoms with van der Waals surface area (Å²) < 4.78 is 0. The average molecular weight is 539 g/mol. The maximum absolute atomic E-state index is 13.4. The Morgan fingerprint density at radius 2 is 1.82 bits per heavy atom. The Hall–Kier alpha value is -3.02. The van der Waals surface area contributed by atoms with E-state index >= 15 is 0 Å². The number of aromatic amines is 1. The van der Waals surface area contributed by atoms with Crippen molar-refractivity contribution in [2.75, 3.05) is 43.5 Å². The number of benzene rings is 1. The molecule has 1 amide bonds. The molecule has 2 aromatic rings. The molecule has 9 heteroatoms. The van der Waals surface area contributed by atoms with Crippen LogP contribution >= 0.6 is 11.6 Å². The summed E-state index contributed by atoms with van der Waals surface area (Å²) in [7, 11) is 4.29. The molecule has 1 aromatic carbocycles. The molecule has 0 atom stereocenters. The Morgan fingerprint density at radius 3 is 2.42 bits per heavy atom. The summed E-state index contributed by atoms with van der Waals surface area (Å²) in [5.41, 5.74) is 2.83. The number of anilines is 2. The van der Waals surface area contributed by atoms with E-state index < -0.39 is 0 Å². The highest BCUT2D eigenvalue weighted by Crippen LogP contribution is 2.34. The number of H-pyrrole nitrogens is 1. The lowest BCUT2D eigenvalue weighted by atomic mass is 9.89. The number of pyridine rings is 1. The number of halogens is 1. The number of amides is 1. The van der Waals surface area contributed by atoms with Crippen LogP contribution in [0.5, 0.6) is 0 Å². The van der Waals surface area contributed by atoms with Gasteiger partial charge in [-0.3, -0.25) is 9.59 Å². The van der Waals surface area contributed by atoms with Gasteiger partial charge in [-0.2, -0.15) is 5.26 Å². The molecule has 2 heterocycles. The van der Waals surface area contributed by atoms with Crippen LogP contribution in [0.3, 0.4) is 0 Å². The highest BCUT2D eigenvalue weighted by Gasteiger charge is 2.28. The molecule has 4 rings (SSSR count). The molecule has 2 fully saturated rings. The normalized spacial score (nSPS) is 19.4. The Bertz CT molecular complexity index is 1250. The topological polar surface area (TPSA) is 95.5 Å². The number of carbonyl (C=O) groups excluding carboxylic acids is 1. The van der Waals surface area contributed by atoms with E-state index in [1.165, 1.54) is 6.07 Å². The van der Waals surface area contributed by atoms with E-state index in [0.29, 0.717) is 34.1 Å². The van der Waals surface area contributed by atoms with Gasteiger partial charge in [0.1, 0.15) is 17.6 Å². The van der Waals surface area contributed by atoms with Crippen LogP contribution in [-0.4, -0.2) is 61.6 Å². The van der Waals surface area contributed by atoms with Crippen LogP contribution in [0.1, 0.15) is 72.6 Å². The number of aromatic nitrogens is 1. The van der Waals surface area contributed by atoms with E-state index in [1.807, 2.05) is 19.1 Å². The molecule has 0 radical (unpaired) electrons. The van der Waals surface area contributed by atoms with Crippen LogP contribution in [0.15, 0.2) is 23.0 Å². The van der Waals surface area contributed by atoms with Gasteiger partial charge in [-0.1, -0.05) is 11.6 Å². The van der Waals surface area contributed by atoms with Crippen LogP contribution < -0.4 is 20.5 Å². The molecular weight excluding hydrogens is 500 g/mol. The summed E-state index contributed by atoms with van der Waals surface area (Å²) in [5, 5.41) is 12.8. The quantitative estimate of drug-likeness (QED) is 0.516. The smallest absolute Gasteiger partial charge is 0.251 e. The van der Waals surface area contributed by atoms with Gasteiger partial charge in [0, 0.05) is 54.1 Å². The predicted molar refractivity (Wildman–Crippen MR) is 153 cm³/mol. The van der Waals surface area contributed by atoms with Crippen LogP contribution in [0.2, 0.25) is 5.02 Å². The highest BCUT2D eigenvalue weighted by molar-refractivity contribution is 6.31. The van der Waals surface area contributed by atoms with Crippen molar-refractivity contribution in [1.82, 2.24) is 15.2 Å². The predicted octanol–water partition coefficient (Wildman–Crippen LogP) is 4.44. The number of nitrogens with one attached hydrogen (secondary N) is 2. The summed E-state index contributed by atoms with van der Waals surface area (Å²) >= 11 is 6.55. The molecule has 2 N–H and O–H groups in total. The third-order valence-electron chi connectivity index (χ3n) is 8.16. The lowest BCUT2D eigenvalue weighted by Gasteiger charge is -2.40. The Labute approximate surface area is 230 Å². The van der Waals surface area contributed by atoms with Crippen LogP contribution in [0.25, 0.3) is 0 Å². The van der Waals surface area contributed by atoms with Crippen molar-refractivity contribution in [3.63, 3.8) is 0 Å². The molecule has 1 aliphatic carbocycles. The van der Waals surface area contributed by atoms with Crippen LogP contribution in [-0.2, 0) is 6.54 Å². The Kier molecular flexibility index (Phi) is 9.01. The fourth-order valence-corrected chi connectivity index (χ4v) is 6.20. The van der Waals surface area contributed by atoms with Gasteiger partial charge in [0.2, 0.25) is 0 Å². The minimum Gasteiger partial charge on any atom is -0.369 e. The van der Waals surface area contributed by atoms with Crippen molar-refractivity contribution in [3.8, 4) is 6.07 Å². The molecule has 1 saturated carbocycles. The second kappa shape index (κ2) is 12.2. The van der Waals surface area contributed by atoms with Gasteiger partial charge in [0.15, 0.2) is 5.43 Å². The van der Waals surface area contributed by atoms with E-state index in [-0.39, 0.29) is 23.6 Å². The Balaban J connectivity index is 1.56. The number of carbonyl (C=O) groups is 1. The minimum absolute atomic E-state index is 0.0685. The van der Waals surface area contributed by atoms with Crippen LogP contribution in [0, 0.1) is 18.3 Å². The summed E-state index contributed by atoms with van der Waals surface area (Å²) in [4.78, 5) is 36.2. The Morgan fingerprint density at radius 1 is 1.16 bits per heavy atom. The largest absolute Gasteiger partial charge is 0.369 e. The minimum atomic E-state index is -0.269. The third kappa shape index (κ3) is 6.00. The molecule has 204 valence electrons. The van der Waals surface area contributed by atoms with E-state index in [4.69, 9.17) is 11.6 Å². The molecule has 8 nitrogen and oxygen atoms in total. The SMILES string of the molecule is CCN(c1cc(Cl)cc(C(=O)NCc2c(N3CCCC3)[nH]c(C#N)cc2=O)c1C)[C@H]1CC[C@H](N(C)C)CC1. The second-order valence-corrected chi connectivity index (χ2v) is 11.1. The molecular formula is C29H39ClN6O2. The zero-order chi connectivity index (χ0) is 27.4. The molecule has 1 aromatic heterocycles. The fourth-order valence-electron chi connectivity index (χ4n) is 5.99. The van der Waals surface area contributed by atoms with Crippen molar-refractivity contribution in [2.24, 2.45) is 0 Å². The van der Waals surface area contributed by atoms with Gasteiger partial charge in [-0.05, 0) is 84.2 Å². The summed E-state index contributed by atoms with van der Waals surface area (Å²) in [6.45, 7) is 6.64. The van der Waals surface area contributed by atoms with E-state index in [1.54, 1.807) is 6.07 Å². The van der Waals surface area contributed by atoms with Crippen LogP contribution in [0.4, 0.5) is 11.5 Å². The number of nitrogens with zero attached hydrogens (tertiary/aromatic N) is 4. The zero-order valence-electron chi connectivity index (χ0n) is 22.9. The number of hydrogen-bond acceptors (Lipinski definition) is 6.